The standard InChI is InChI=1S/C16H17ClFNS/c1-2-19-10-12-4-3-5-14(8-12)20-11-13-6-7-16(18)15(17)9-13/h3-9,19H,2,10-11H2,1H3. The summed E-state index contributed by atoms with van der Waals surface area (Å²) in [5.41, 5.74) is 2.30. The predicted octanol–water partition coefficient (Wildman–Crippen LogP) is 4.88. The third-order valence-corrected chi connectivity index (χ3v) is 4.22. The highest BCUT2D eigenvalue weighted by Gasteiger charge is 2.02. The van der Waals surface area contributed by atoms with Crippen LogP contribution in [0.1, 0.15) is 18.1 Å². The van der Waals surface area contributed by atoms with Crippen LogP contribution in [0.25, 0.3) is 0 Å². The van der Waals surface area contributed by atoms with Crippen molar-refractivity contribution in [1.29, 1.82) is 0 Å². The quantitative estimate of drug-likeness (QED) is 0.763. The van der Waals surface area contributed by atoms with Crippen molar-refractivity contribution >= 4 is 23.4 Å². The number of thioether (sulfide) groups is 1. The highest BCUT2D eigenvalue weighted by Crippen LogP contribution is 2.25. The van der Waals surface area contributed by atoms with Gasteiger partial charge in [0.05, 0.1) is 5.02 Å². The van der Waals surface area contributed by atoms with E-state index in [-0.39, 0.29) is 10.8 Å². The van der Waals surface area contributed by atoms with Crippen molar-refractivity contribution in [3.63, 3.8) is 0 Å². The van der Waals surface area contributed by atoms with E-state index in [0.29, 0.717) is 0 Å². The molecule has 0 aromatic heterocycles. The maximum atomic E-state index is 13.1. The molecule has 2 aromatic rings. The molecule has 106 valence electrons. The summed E-state index contributed by atoms with van der Waals surface area (Å²) in [4.78, 5) is 1.21. The molecule has 20 heavy (non-hydrogen) atoms. The molecule has 2 aromatic carbocycles. The summed E-state index contributed by atoms with van der Waals surface area (Å²) in [5.74, 6) is 0.415. The van der Waals surface area contributed by atoms with Crippen molar-refractivity contribution in [2.45, 2.75) is 24.1 Å². The second kappa shape index (κ2) is 7.67. The minimum Gasteiger partial charge on any atom is -0.313 e. The van der Waals surface area contributed by atoms with E-state index in [9.17, 15) is 4.39 Å². The number of hydrogen-bond acceptors (Lipinski definition) is 2. The molecule has 0 radical (unpaired) electrons. The molecule has 1 N–H and O–H groups in total. The number of halogens is 2. The number of benzene rings is 2. The van der Waals surface area contributed by atoms with E-state index in [0.717, 1.165) is 24.4 Å². The Morgan fingerprint density at radius 2 is 2.00 bits per heavy atom. The number of nitrogens with one attached hydrogen (secondary N) is 1. The lowest BCUT2D eigenvalue weighted by Crippen LogP contribution is -2.11. The van der Waals surface area contributed by atoms with Crippen LogP contribution in [-0.2, 0) is 12.3 Å². The number of hydrogen-bond donors (Lipinski definition) is 1. The fourth-order valence-electron chi connectivity index (χ4n) is 1.81. The SMILES string of the molecule is CCNCc1cccc(SCc2ccc(F)c(Cl)c2)c1. The molecule has 0 bridgehead atoms. The van der Waals surface area contributed by atoms with Gasteiger partial charge in [0.2, 0.25) is 0 Å². The van der Waals surface area contributed by atoms with Gasteiger partial charge >= 0.3 is 0 Å². The normalized spacial score (nSPS) is 10.8. The first-order valence-electron chi connectivity index (χ1n) is 6.55. The number of rotatable bonds is 6. The Hall–Kier alpha value is -1.03. The molecule has 0 fully saturated rings. The molecule has 0 saturated carbocycles. The van der Waals surface area contributed by atoms with Crippen molar-refractivity contribution in [3.05, 3.63) is 64.4 Å². The molecule has 0 unspecified atom stereocenters. The Bertz CT molecular complexity index is 574. The van der Waals surface area contributed by atoms with Gasteiger partial charge in [0.1, 0.15) is 5.82 Å². The average molecular weight is 310 g/mol. The average Bonchev–Trinajstić information content (AvgIpc) is 2.47. The Kier molecular flexibility index (Phi) is 5.89. The predicted molar refractivity (Wildman–Crippen MR) is 84.8 cm³/mol. The second-order valence-electron chi connectivity index (χ2n) is 4.46. The van der Waals surface area contributed by atoms with Gasteiger partial charge in [-0.25, -0.2) is 4.39 Å². The van der Waals surface area contributed by atoms with Crippen molar-refractivity contribution in [2.75, 3.05) is 6.54 Å². The summed E-state index contributed by atoms with van der Waals surface area (Å²) in [5, 5.41) is 3.50. The van der Waals surface area contributed by atoms with Gasteiger partial charge in [-0.3, -0.25) is 0 Å². The van der Waals surface area contributed by atoms with E-state index in [2.05, 4.69) is 36.5 Å². The van der Waals surface area contributed by atoms with Gasteiger partial charge in [-0.1, -0.05) is 36.7 Å². The first kappa shape index (κ1) is 15.4. The Balaban J connectivity index is 1.97. The fourth-order valence-corrected chi connectivity index (χ4v) is 2.94. The molecule has 0 aliphatic heterocycles. The lowest BCUT2D eigenvalue weighted by Gasteiger charge is -2.06. The van der Waals surface area contributed by atoms with Gasteiger partial charge in [-0.15, -0.1) is 11.8 Å². The minimum atomic E-state index is -0.368. The van der Waals surface area contributed by atoms with Gasteiger partial charge in [-0.05, 0) is 41.9 Å². The zero-order chi connectivity index (χ0) is 14.4. The first-order chi connectivity index (χ1) is 9.69. The molecule has 0 atom stereocenters. The largest absolute Gasteiger partial charge is 0.313 e. The van der Waals surface area contributed by atoms with Crippen LogP contribution in [0.2, 0.25) is 5.02 Å². The van der Waals surface area contributed by atoms with Gasteiger partial charge < -0.3 is 5.32 Å². The zero-order valence-electron chi connectivity index (χ0n) is 11.3. The monoisotopic (exact) mass is 309 g/mol. The Morgan fingerprint density at radius 1 is 1.15 bits per heavy atom. The van der Waals surface area contributed by atoms with Gasteiger partial charge in [-0.2, -0.15) is 0 Å². The van der Waals surface area contributed by atoms with Crippen LogP contribution >= 0.6 is 23.4 Å². The highest BCUT2D eigenvalue weighted by atomic mass is 35.5. The molecule has 4 heteroatoms. The first-order valence-corrected chi connectivity index (χ1v) is 7.92. The van der Waals surface area contributed by atoms with Crippen molar-refractivity contribution in [3.8, 4) is 0 Å². The fraction of sp³-hybridized carbons (Fsp3) is 0.250. The van der Waals surface area contributed by atoms with Gasteiger partial charge in [0.25, 0.3) is 0 Å². The van der Waals surface area contributed by atoms with Crippen molar-refractivity contribution in [1.82, 2.24) is 5.32 Å². The highest BCUT2D eigenvalue weighted by molar-refractivity contribution is 7.98. The molecule has 0 aliphatic carbocycles. The molecular weight excluding hydrogens is 293 g/mol. The van der Waals surface area contributed by atoms with Crippen molar-refractivity contribution in [2.24, 2.45) is 0 Å². The van der Waals surface area contributed by atoms with Crippen molar-refractivity contribution < 1.29 is 4.39 Å². The van der Waals surface area contributed by atoms with E-state index >= 15 is 0 Å². The molecule has 0 heterocycles. The molecule has 2 rings (SSSR count). The maximum absolute atomic E-state index is 13.1. The van der Waals surface area contributed by atoms with Crippen LogP contribution in [0.3, 0.4) is 0 Å². The van der Waals surface area contributed by atoms with E-state index in [4.69, 9.17) is 11.6 Å². The van der Waals surface area contributed by atoms with Crippen LogP contribution in [0.4, 0.5) is 4.39 Å². The van der Waals surface area contributed by atoms with Crippen LogP contribution in [0.5, 0.6) is 0 Å². The van der Waals surface area contributed by atoms with Gasteiger partial charge in [0.15, 0.2) is 0 Å². The van der Waals surface area contributed by atoms with Crippen LogP contribution in [0.15, 0.2) is 47.4 Å². The molecule has 0 spiro atoms. The van der Waals surface area contributed by atoms with E-state index in [1.807, 2.05) is 0 Å². The van der Waals surface area contributed by atoms with Crippen LogP contribution < -0.4 is 5.32 Å². The Labute approximate surface area is 128 Å². The lowest BCUT2D eigenvalue weighted by atomic mass is 10.2. The van der Waals surface area contributed by atoms with Gasteiger partial charge in [0, 0.05) is 17.2 Å². The molecular formula is C16H17ClFNS. The second-order valence-corrected chi connectivity index (χ2v) is 5.92. The van der Waals surface area contributed by atoms with E-state index < -0.39 is 0 Å². The maximum Gasteiger partial charge on any atom is 0.141 e. The smallest absolute Gasteiger partial charge is 0.141 e. The van der Waals surface area contributed by atoms with Crippen LogP contribution in [0, 0.1) is 5.82 Å². The molecule has 0 aliphatic rings. The third-order valence-electron chi connectivity index (χ3n) is 2.87. The summed E-state index contributed by atoms with van der Waals surface area (Å²) in [7, 11) is 0. The summed E-state index contributed by atoms with van der Waals surface area (Å²) in [6.07, 6.45) is 0. The molecule has 0 saturated heterocycles. The Morgan fingerprint density at radius 3 is 2.75 bits per heavy atom. The van der Waals surface area contributed by atoms with Crippen LogP contribution in [-0.4, -0.2) is 6.54 Å². The summed E-state index contributed by atoms with van der Waals surface area (Å²) in [6, 6.07) is 13.3. The third kappa shape index (κ3) is 4.51. The minimum absolute atomic E-state index is 0.184. The molecule has 1 nitrogen and oxygen atoms in total. The lowest BCUT2D eigenvalue weighted by molar-refractivity contribution is 0.628. The van der Waals surface area contributed by atoms with E-state index in [1.165, 1.54) is 16.5 Å². The summed E-state index contributed by atoms with van der Waals surface area (Å²) < 4.78 is 13.1. The zero-order valence-corrected chi connectivity index (χ0v) is 12.9. The van der Waals surface area contributed by atoms with E-state index in [1.54, 1.807) is 23.9 Å². The molecule has 0 amide bonds. The topological polar surface area (TPSA) is 12.0 Å². The summed E-state index contributed by atoms with van der Waals surface area (Å²) >= 11 is 7.51. The summed E-state index contributed by atoms with van der Waals surface area (Å²) in [6.45, 7) is 3.94.